The van der Waals surface area contributed by atoms with E-state index in [1.54, 1.807) is 17.0 Å². The van der Waals surface area contributed by atoms with Gasteiger partial charge in [0.05, 0.1) is 4.92 Å². The zero-order valence-corrected chi connectivity index (χ0v) is 17.3. The highest BCUT2D eigenvalue weighted by Gasteiger charge is 2.20. The van der Waals surface area contributed by atoms with E-state index in [2.05, 4.69) is 4.98 Å². The number of hydrogen-bond acceptors (Lipinski definition) is 6. The Hall–Kier alpha value is -3.88. The second-order valence-electron chi connectivity index (χ2n) is 7.27. The molecule has 0 fully saturated rings. The zero-order chi connectivity index (χ0) is 22.4. The van der Waals surface area contributed by atoms with E-state index in [0.29, 0.717) is 18.7 Å². The highest BCUT2D eigenvalue weighted by molar-refractivity contribution is 5.63. The lowest BCUT2D eigenvalue weighted by atomic mass is 10.1. The van der Waals surface area contributed by atoms with E-state index < -0.39 is 16.2 Å². The van der Waals surface area contributed by atoms with Crippen LogP contribution in [-0.4, -0.2) is 14.5 Å². The van der Waals surface area contributed by atoms with E-state index in [0.717, 1.165) is 18.4 Å². The summed E-state index contributed by atoms with van der Waals surface area (Å²) in [6.07, 6.45) is 1.60. The van der Waals surface area contributed by atoms with Gasteiger partial charge in [-0.3, -0.25) is 24.5 Å². The van der Waals surface area contributed by atoms with Crippen molar-refractivity contribution >= 4 is 17.2 Å². The normalized spacial score (nSPS) is 10.7. The number of unbranched alkanes of at least 4 members (excludes halogenated alkanes) is 1. The van der Waals surface area contributed by atoms with Crippen LogP contribution in [0.3, 0.4) is 0 Å². The molecule has 162 valence electrons. The number of H-pyrrole nitrogens is 1. The SMILES string of the molecule is CCCCn1c(N)c(N(Cc2ccccc2)Cc2cccc([N+](=O)[O-])c2)c(=O)[nH]c1=O. The van der Waals surface area contributed by atoms with Crippen molar-refractivity contribution in [2.24, 2.45) is 0 Å². The van der Waals surface area contributed by atoms with Gasteiger partial charge in [-0.15, -0.1) is 0 Å². The van der Waals surface area contributed by atoms with Gasteiger partial charge in [0.15, 0.2) is 0 Å². The molecule has 3 rings (SSSR count). The first-order chi connectivity index (χ1) is 14.9. The molecular formula is C22H25N5O4. The van der Waals surface area contributed by atoms with Crippen molar-refractivity contribution in [3.05, 3.63) is 96.7 Å². The molecule has 31 heavy (non-hydrogen) atoms. The second kappa shape index (κ2) is 9.75. The minimum Gasteiger partial charge on any atom is -0.383 e. The summed E-state index contributed by atoms with van der Waals surface area (Å²) in [5, 5.41) is 11.2. The first-order valence-corrected chi connectivity index (χ1v) is 10.1. The van der Waals surface area contributed by atoms with Crippen LogP contribution in [0.25, 0.3) is 0 Å². The molecule has 0 radical (unpaired) electrons. The summed E-state index contributed by atoms with van der Waals surface area (Å²) in [7, 11) is 0. The maximum absolute atomic E-state index is 12.8. The van der Waals surface area contributed by atoms with Gasteiger partial charge < -0.3 is 10.6 Å². The molecule has 0 saturated heterocycles. The zero-order valence-electron chi connectivity index (χ0n) is 17.3. The molecule has 1 heterocycles. The summed E-state index contributed by atoms with van der Waals surface area (Å²) in [6, 6.07) is 15.7. The highest BCUT2D eigenvalue weighted by Crippen LogP contribution is 2.23. The number of anilines is 2. The average Bonchev–Trinajstić information content (AvgIpc) is 2.74. The Balaban J connectivity index is 2.08. The van der Waals surface area contributed by atoms with E-state index in [9.17, 15) is 19.7 Å². The Morgan fingerprint density at radius 1 is 1.06 bits per heavy atom. The lowest BCUT2D eigenvalue weighted by Crippen LogP contribution is -2.38. The van der Waals surface area contributed by atoms with Gasteiger partial charge in [-0.2, -0.15) is 0 Å². The number of rotatable bonds is 9. The summed E-state index contributed by atoms with van der Waals surface area (Å²) < 4.78 is 1.37. The van der Waals surface area contributed by atoms with Gasteiger partial charge in [-0.25, -0.2) is 4.79 Å². The predicted molar refractivity (Wildman–Crippen MR) is 120 cm³/mol. The van der Waals surface area contributed by atoms with Crippen molar-refractivity contribution in [2.75, 3.05) is 10.6 Å². The van der Waals surface area contributed by atoms with E-state index in [-0.39, 0.29) is 23.7 Å². The van der Waals surface area contributed by atoms with Crippen LogP contribution in [0.2, 0.25) is 0 Å². The molecule has 0 saturated carbocycles. The third-order valence-electron chi connectivity index (χ3n) is 4.98. The number of nitrogens with zero attached hydrogens (tertiary/aromatic N) is 3. The third-order valence-corrected chi connectivity index (χ3v) is 4.98. The van der Waals surface area contributed by atoms with Crippen LogP contribution in [0.1, 0.15) is 30.9 Å². The maximum Gasteiger partial charge on any atom is 0.330 e. The molecule has 0 aliphatic rings. The number of benzene rings is 2. The number of nitrogen functional groups attached to an aromatic ring is 1. The molecule has 0 amide bonds. The summed E-state index contributed by atoms with van der Waals surface area (Å²) >= 11 is 0. The minimum absolute atomic E-state index is 0.0352. The largest absolute Gasteiger partial charge is 0.383 e. The summed E-state index contributed by atoms with van der Waals surface area (Å²) in [5.41, 5.74) is 6.89. The Kier molecular flexibility index (Phi) is 6.86. The van der Waals surface area contributed by atoms with Crippen molar-refractivity contribution in [1.29, 1.82) is 0 Å². The lowest BCUT2D eigenvalue weighted by Gasteiger charge is -2.26. The summed E-state index contributed by atoms with van der Waals surface area (Å²) in [4.78, 5) is 39.9. The first-order valence-electron chi connectivity index (χ1n) is 10.1. The van der Waals surface area contributed by atoms with Crippen LogP contribution in [0.5, 0.6) is 0 Å². The van der Waals surface area contributed by atoms with Crippen LogP contribution in [-0.2, 0) is 19.6 Å². The van der Waals surface area contributed by atoms with Crippen molar-refractivity contribution in [1.82, 2.24) is 9.55 Å². The number of hydrogen-bond donors (Lipinski definition) is 2. The lowest BCUT2D eigenvalue weighted by molar-refractivity contribution is -0.384. The number of non-ortho nitro benzene ring substituents is 1. The van der Waals surface area contributed by atoms with Crippen molar-refractivity contribution in [3.8, 4) is 0 Å². The van der Waals surface area contributed by atoms with E-state index in [1.807, 2.05) is 37.3 Å². The fraction of sp³-hybridized carbons (Fsp3) is 0.273. The molecule has 3 N–H and O–H groups in total. The molecule has 0 atom stereocenters. The summed E-state index contributed by atoms with van der Waals surface area (Å²) in [6.45, 7) is 2.93. The van der Waals surface area contributed by atoms with Crippen molar-refractivity contribution in [2.45, 2.75) is 39.4 Å². The van der Waals surface area contributed by atoms with E-state index >= 15 is 0 Å². The second-order valence-corrected chi connectivity index (χ2v) is 7.27. The fourth-order valence-corrected chi connectivity index (χ4v) is 3.43. The van der Waals surface area contributed by atoms with Gasteiger partial charge in [-0.05, 0) is 17.5 Å². The van der Waals surface area contributed by atoms with E-state index in [1.165, 1.54) is 16.7 Å². The van der Waals surface area contributed by atoms with Gasteiger partial charge in [-0.1, -0.05) is 55.8 Å². The molecule has 9 heteroatoms. The quantitative estimate of drug-likeness (QED) is 0.402. The fourth-order valence-electron chi connectivity index (χ4n) is 3.43. The van der Waals surface area contributed by atoms with Crippen LogP contribution in [0.15, 0.2) is 64.2 Å². The molecule has 1 aromatic heterocycles. The standard InChI is InChI=1S/C22H25N5O4/c1-2-3-12-26-20(23)19(21(28)24-22(26)29)25(14-16-8-5-4-6-9-16)15-17-10-7-11-18(13-17)27(30)31/h4-11,13H,2-3,12,14-15,23H2,1H3,(H,24,28,29). The molecule has 3 aromatic rings. The van der Waals surface area contributed by atoms with E-state index in [4.69, 9.17) is 5.73 Å². The molecule has 0 bridgehead atoms. The minimum atomic E-state index is -0.586. The van der Waals surface area contributed by atoms with Gasteiger partial charge >= 0.3 is 5.69 Å². The number of nitrogens with one attached hydrogen (secondary N) is 1. The Morgan fingerprint density at radius 2 is 1.74 bits per heavy atom. The van der Waals surface area contributed by atoms with Crippen LogP contribution < -0.4 is 21.9 Å². The molecule has 0 unspecified atom stereocenters. The molecule has 2 aromatic carbocycles. The highest BCUT2D eigenvalue weighted by atomic mass is 16.6. The number of nitro benzene ring substituents is 1. The van der Waals surface area contributed by atoms with Gasteiger partial charge in [0.2, 0.25) is 0 Å². The molecular weight excluding hydrogens is 398 g/mol. The van der Waals surface area contributed by atoms with Crippen LogP contribution in [0.4, 0.5) is 17.2 Å². The van der Waals surface area contributed by atoms with Crippen molar-refractivity contribution in [3.63, 3.8) is 0 Å². The number of nitrogens with two attached hydrogens (primary N) is 1. The van der Waals surface area contributed by atoms with Crippen LogP contribution >= 0.6 is 0 Å². The van der Waals surface area contributed by atoms with Gasteiger partial charge in [0.25, 0.3) is 11.2 Å². The average molecular weight is 423 g/mol. The Bertz CT molecular complexity index is 1170. The first kappa shape index (κ1) is 21.8. The topological polar surface area (TPSA) is 127 Å². The smallest absolute Gasteiger partial charge is 0.330 e. The number of aromatic nitrogens is 2. The predicted octanol–water partition coefficient (Wildman–Crippen LogP) is 3.03. The monoisotopic (exact) mass is 423 g/mol. The summed E-state index contributed by atoms with van der Waals surface area (Å²) in [5.74, 6) is 0.0866. The Labute approximate surface area is 178 Å². The molecule has 9 nitrogen and oxygen atoms in total. The van der Waals surface area contributed by atoms with Crippen molar-refractivity contribution < 1.29 is 4.92 Å². The number of nitro groups is 1. The molecule has 0 spiro atoms. The van der Waals surface area contributed by atoms with Gasteiger partial charge in [0, 0.05) is 31.8 Å². The Morgan fingerprint density at radius 3 is 2.42 bits per heavy atom. The maximum atomic E-state index is 12.8. The number of aromatic amines is 1. The van der Waals surface area contributed by atoms with Crippen LogP contribution in [0, 0.1) is 10.1 Å². The third kappa shape index (κ3) is 5.19. The molecule has 0 aliphatic heterocycles. The van der Waals surface area contributed by atoms with Gasteiger partial charge in [0.1, 0.15) is 11.5 Å². The molecule has 0 aliphatic carbocycles.